The fraction of sp³-hybridized carbons (Fsp3) is 0.769. The second-order valence-electron chi connectivity index (χ2n) is 12.4. The summed E-state index contributed by atoms with van der Waals surface area (Å²) < 4.78 is 0. The zero-order valence-corrected chi connectivity index (χ0v) is 20.7. The van der Waals surface area contributed by atoms with Gasteiger partial charge >= 0.3 is 0 Å². The maximum atomic E-state index is 10.7. The quantitative estimate of drug-likeness (QED) is 0.726. The molecule has 2 saturated heterocycles. The largest absolute Gasteiger partial charge is 0.393 e. The van der Waals surface area contributed by atoms with E-state index in [2.05, 4.69) is 96.4 Å². The van der Waals surface area contributed by atoms with Gasteiger partial charge in [0.05, 0.1) is 18.4 Å². The molecule has 2 N–H and O–H groups in total. The highest BCUT2D eigenvalue weighted by atomic mass is 16.3. The first-order chi connectivity index (χ1) is 13.6. The molecule has 3 rings (SSSR count). The molecule has 2 aliphatic heterocycles. The van der Waals surface area contributed by atoms with Gasteiger partial charge < -0.3 is 10.2 Å². The topological polar surface area (TPSA) is 46.9 Å². The van der Waals surface area contributed by atoms with Crippen LogP contribution in [0.5, 0.6) is 0 Å². The Kier molecular flexibility index (Phi) is 5.99. The molecule has 1 aromatic carbocycles. The van der Waals surface area contributed by atoms with Crippen LogP contribution in [0.25, 0.3) is 0 Å². The first-order valence-corrected chi connectivity index (χ1v) is 11.6. The second kappa shape index (κ2) is 7.58. The molecule has 0 spiro atoms. The van der Waals surface area contributed by atoms with Crippen molar-refractivity contribution in [3.8, 4) is 0 Å². The third-order valence-electron chi connectivity index (χ3n) is 7.41. The van der Waals surface area contributed by atoms with Gasteiger partial charge in [0.15, 0.2) is 0 Å². The number of likely N-dealkylation sites (tertiary alicyclic amines) is 2. The summed E-state index contributed by atoms with van der Waals surface area (Å²) in [5, 5.41) is 21.3. The van der Waals surface area contributed by atoms with Crippen LogP contribution < -0.4 is 0 Å². The summed E-state index contributed by atoms with van der Waals surface area (Å²) in [7, 11) is 0. The normalized spacial score (nSPS) is 27.5. The number of rotatable bonds is 3. The van der Waals surface area contributed by atoms with E-state index in [9.17, 15) is 10.2 Å². The predicted octanol–water partition coefficient (Wildman–Crippen LogP) is 5.02. The van der Waals surface area contributed by atoms with Gasteiger partial charge in [0.25, 0.3) is 0 Å². The molecular formula is C26H44N2O2. The zero-order valence-electron chi connectivity index (χ0n) is 20.7. The molecule has 2 aliphatic rings. The van der Waals surface area contributed by atoms with Crippen molar-refractivity contribution in [3.05, 3.63) is 35.4 Å². The van der Waals surface area contributed by atoms with Gasteiger partial charge in [-0.2, -0.15) is 0 Å². The Morgan fingerprint density at radius 1 is 0.667 bits per heavy atom. The minimum absolute atomic E-state index is 0.0561. The predicted molar refractivity (Wildman–Crippen MR) is 124 cm³/mol. The highest BCUT2D eigenvalue weighted by molar-refractivity contribution is 5.27. The molecule has 0 aliphatic carbocycles. The second-order valence-corrected chi connectivity index (χ2v) is 12.4. The minimum atomic E-state index is -0.283. The van der Waals surface area contributed by atoms with Crippen molar-refractivity contribution < 1.29 is 10.2 Å². The molecule has 1 aromatic rings. The van der Waals surface area contributed by atoms with Crippen LogP contribution in [-0.2, 0) is 0 Å². The van der Waals surface area contributed by atoms with Crippen LogP contribution >= 0.6 is 0 Å². The Morgan fingerprint density at radius 3 is 1.27 bits per heavy atom. The smallest absolute Gasteiger partial charge is 0.0903 e. The van der Waals surface area contributed by atoms with Gasteiger partial charge in [0, 0.05) is 22.2 Å². The molecule has 2 fully saturated rings. The van der Waals surface area contributed by atoms with Crippen molar-refractivity contribution in [1.82, 2.24) is 9.80 Å². The Bertz CT molecular complexity index is 673. The molecule has 170 valence electrons. The standard InChI is InChI=1S/C26H44N2O2/c1-18-10-12-19(13-11-18)22(27-23(2,3)14-20(29)15-24(27,4)5)28-25(6,7)16-21(30)17-26(28,8)9/h10-13,20-22,29-30H,14-17H2,1-9H3. The van der Waals surface area contributed by atoms with Gasteiger partial charge in [-0.05, 0) is 93.6 Å². The van der Waals surface area contributed by atoms with E-state index in [1.807, 2.05) is 0 Å². The Labute approximate surface area is 184 Å². The summed E-state index contributed by atoms with van der Waals surface area (Å²) in [6, 6.07) is 8.96. The Hall–Kier alpha value is -0.940. The van der Waals surface area contributed by atoms with Crippen LogP contribution in [-0.4, -0.2) is 54.4 Å². The molecule has 0 bridgehead atoms. The highest BCUT2D eigenvalue weighted by Gasteiger charge is 2.56. The average Bonchev–Trinajstić information content (AvgIpc) is 2.49. The van der Waals surface area contributed by atoms with Crippen molar-refractivity contribution in [2.45, 2.75) is 129 Å². The first-order valence-electron chi connectivity index (χ1n) is 11.6. The molecule has 0 radical (unpaired) electrons. The maximum absolute atomic E-state index is 10.7. The molecule has 0 amide bonds. The SMILES string of the molecule is Cc1ccc(C(N2C(C)(C)CC(O)CC2(C)C)N2C(C)(C)CC(O)CC2(C)C)cc1. The van der Waals surface area contributed by atoms with Crippen LogP contribution in [0.1, 0.15) is 98.4 Å². The number of hydrogen-bond acceptors (Lipinski definition) is 4. The minimum Gasteiger partial charge on any atom is -0.393 e. The summed E-state index contributed by atoms with van der Waals surface area (Å²) in [6.45, 7) is 20.3. The van der Waals surface area contributed by atoms with Gasteiger partial charge in [0.1, 0.15) is 0 Å². The van der Waals surface area contributed by atoms with Gasteiger partial charge in [-0.25, -0.2) is 0 Å². The molecule has 0 atom stereocenters. The van der Waals surface area contributed by atoms with Crippen LogP contribution in [0.3, 0.4) is 0 Å². The molecule has 0 unspecified atom stereocenters. The summed E-state index contributed by atoms with van der Waals surface area (Å²) in [6.07, 6.45) is 2.53. The number of aliphatic hydroxyl groups is 2. The van der Waals surface area contributed by atoms with E-state index >= 15 is 0 Å². The highest BCUT2D eigenvalue weighted by Crippen LogP contribution is 2.51. The van der Waals surface area contributed by atoms with Gasteiger partial charge in [-0.3, -0.25) is 9.80 Å². The van der Waals surface area contributed by atoms with E-state index in [1.54, 1.807) is 0 Å². The average molecular weight is 417 g/mol. The molecule has 0 saturated carbocycles. The van der Waals surface area contributed by atoms with E-state index < -0.39 is 0 Å². The van der Waals surface area contributed by atoms with Crippen molar-refractivity contribution in [3.63, 3.8) is 0 Å². The monoisotopic (exact) mass is 416 g/mol. The van der Waals surface area contributed by atoms with Crippen LogP contribution in [0, 0.1) is 6.92 Å². The van der Waals surface area contributed by atoms with Crippen molar-refractivity contribution in [2.75, 3.05) is 0 Å². The zero-order chi connectivity index (χ0) is 22.7. The molecule has 4 heteroatoms. The van der Waals surface area contributed by atoms with Crippen molar-refractivity contribution in [2.24, 2.45) is 0 Å². The van der Waals surface area contributed by atoms with Crippen molar-refractivity contribution in [1.29, 1.82) is 0 Å². The molecule has 2 heterocycles. The fourth-order valence-electron chi connectivity index (χ4n) is 6.96. The van der Waals surface area contributed by atoms with Crippen LogP contribution in [0.4, 0.5) is 0 Å². The summed E-state index contributed by atoms with van der Waals surface area (Å²) >= 11 is 0. The number of aliphatic hydroxyl groups excluding tert-OH is 2. The molecular weight excluding hydrogens is 372 g/mol. The lowest BCUT2D eigenvalue weighted by Crippen LogP contribution is -2.71. The lowest BCUT2D eigenvalue weighted by molar-refractivity contribution is -0.205. The summed E-state index contributed by atoms with van der Waals surface area (Å²) in [4.78, 5) is 5.30. The number of piperidine rings is 2. The molecule has 0 aromatic heterocycles. The van der Waals surface area contributed by atoms with E-state index in [0.29, 0.717) is 0 Å². The van der Waals surface area contributed by atoms with Gasteiger partial charge in [0.2, 0.25) is 0 Å². The van der Waals surface area contributed by atoms with Crippen LogP contribution in [0.2, 0.25) is 0 Å². The van der Waals surface area contributed by atoms with E-state index in [1.165, 1.54) is 11.1 Å². The number of nitrogens with zero attached hydrogens (tertiary/aromatic N) is 2. The summed E-state index contributed by atoms with van der Waals surface area (Å²) in [5.41, 5.74) is 1.88. The molecule has 4 nitrogen and oxygen atoms in total. The number of benzene rings is 1. The van der Waals surface area contributed by atoms with Crippen LogP contribution in [0.15, 0.2) is 24.3 Å². The van der Waals surface area contributed by atoms with Gasteiger partial charge in [-0.1, -0.05) is 29.8 Å². The maximum Gasteiger partial charge on any atom is 0.0903 e. The van der Waals surface area contributed by atoms with E-state index in [-0.39, 0.29) is 40.5 Å². The lowest BCUT2D eigenvalue weighted by Gasteiger charge is -2.65. The number of aryl methyl sites for hydroxylation is 1. The van der Waals surface area contributed by atoms with E-state index in [4.69, 9.17) is 0 Å². The van der Waals surface area contributed by atoms with Crippen molar-refractivity contribution >= 4 is 0 Å². The fourth-order valence-corrected chi connectivity index (χ4v) is 6.96. The summed E-state index contributed by atoms with van der Waals surface area (Å²) in [5.74, 6) is 0. The van der Waals surface area contributed by atoms with Gasteiger partial charge in [-0.15, -0.1) is 0 Å². The Morgan fingerprint density at radius 2 is 0.967 bits per heavy atom. The lowest BCUT2D eigenvalue weighted by atomic mass is 9.73. The number of hydrogen-bond donors (Lipinski definition) is 2. The Balaban J connectivity index is 2.22. The molecule has 30 heavy (non-hydrogen) atoms. The first kappa shape index (κ1) is 23.7. The van der Waals surface area contributed by atoms with E-state index in [0.717, 1.165) is 25.7 Å². The third kappa shape index (κ3) is 4.34. The third-order valence-corrected chi connectivity index (χ3v) is 7.41.